The molecule has 1 fully saturated rings. The van der Waals surface area contributed by atoms with Crippen LogP contribution in [-0.4, -0.2) is 42.5 Å². The Morgan fingerprint density at radius 3 is 2.18 bits per heavy atom. The van der Waals surface area contributed by atoms with Gasteiger partial charge < -0.3 is 9.64 Å². The molecule has 0 aromatic heterocycles. The van der Waals surface area contributed by atoms with Gasteiger partial charge >= 0.3 is 0 Å². The maximum absolute atomic E-state index is 13.3. The van der Waals surface area contributed by atoms with Crippen LogP contribution in [0.2, 0.25) is 0 Å². The van der Waals surface area contributed by atoms with E-state index < -0.39 is 0 Å². The molecule has 178 valence electrons. The first-order chi connectivity index (χ1) is 16.5. The fourth-order valence-electron chi connectivity index (χ4n) is 5.13. The van der Waals surface area contributed by atoms with Crippen LogP contribution in [0, 0.1) is 11.8 Å². The zero-order chi connectivity index (χ0) is 23.9. The first kappa shape index (κ1) is 24.0. The average molecular weight is 457 g/mol. The predicted octanol–water partition coefficient (Wildman–Crippen LogP) is 5.60. The smallest absolute Gasteiger partial charge is 0.225 e. The first-order valence-corrected chi connectivity index (χ1v) is 12.3. The van der Waals surface area contributed by atoms with Gasteiger partial charge in [-0.25, -0.2) is 0 Å². The summed E-state index contributed by atoms with van der Waals surface area (Å²) in [6.45, 7) is 8.19. The van der Waals surface area contributed by atoms with Gasteiger partial charge in [0.1, 0.15) is 5.75 Å². The van der Waals surface area contributed by atoms with Crippen LogP contribution in [-0.2, 0) is 17.9 Å². The molecule has 0 aliphatic carbocycles. The summed E-state index contributed by atoms with van der Waals surface area (Å²) in [5.41, 5.74) is 3.73. The van der Waals surface area contributed by atoms with Crippen LogP contribution in [0.1, 0.15) is 36.5 Å². The van der Waals surface area contributed by atoms with Crippen molar-refractivity contribution in [2.45, 2.75) is 32.9 Å². The third-order valence-electron chi connectivity index (χ3n) is 6.78. The van der Waals surface area contributed by atoms with Crippen molar-refractivity contribution in [1.29, 1.82) is 0 Å². The molecular weight excluding hydrogens is 420 g/mol. The number of methoxy groups -OCH3 is 1. The van der Waals surface area contributed by atoms with Gasteiger partial charge in [0.05, 0.1) is 7.11 Å². The summed E-state index contributed by atoms with van der Waals surface area (Å²) < 4.78 is 5.75. The number of ether oxygens (including phenoxy) is 1. The van der Waals surface area contributed by atoms with Gasteiger partial charge in [-0.2, -0.15) is 0 Å². The third-order valence-corrected chi connectivity index (χ3v) is 6.78. The van der Waals surface area contributed by atoms with Crippen molar-refractivity contribution in [3.8, 4) is 5.75 Å². The Morgan fingerprint density at radius 1 is 0.912 bits per heavy atom. The van der Waals surface area contributed by atoms with E-state index in [1.807, 2.05) is 44.2 Å². The maximum atomic E-state index is 13.3. The van der Waals surface area contributed by atoms with Gasteiger partial charge in [-0.05, 0) is 28.7 Å². The van der Waals surface area contributed by atoms with Crippen molar-refractivity contribution < 1.29 is 9.53 Å². The molecule has 2 unspecified atom stereocenters. The number of hydrogen-bond donors (Lipinski definition) is 0. The first-order valence-electron chi connectivity index (χ1n) is 12.3. The van der Waals surface area contributed by atoms with E-state index in [9.17, 15) is 4.79 Å². The molecule has 4 rings (SSSR count). The third kappa shape index (κ3) is 5.87. The van der Waals surface area contributed by atoms with Gasteiger partial charge in [0.2, 0.25) is 5.91 Å². The number of amides is 1. The summed E-state index contributed by atoms with van der Waals surface area (Å²) in [6.07, 6.45) is 0. The van der Waals surface area contributed by atoms with E-state index in [1.165, 1.54) is 16.7 Å². The quantitative estimate of drug-likeness (QED) is 0.420. The lowest BCUT2D eigenvalue weighted by atomic mass is 9.87. The van der Waals surface area contributed by atoms with Crippen LogP contribution in [0.4, 0.5) is 0 Å². The molecule has 3 aromatic carbocycles. The largest absolute Gasteiger partial charge is 0.496 e. The fraction of sp³-hybridized carbons (Fsp3) is 0.367. The lowest BCUT2D eigenvalue weighted by molar-refractivity contribution is -0.135. The number of para-hydroxylation sites is 1. The van der Waals surface area contributed by atoms with Crippen molar-refractivity contribution in [2.24, 2.45) is 11.8 Å². The summed E-state index contributed by atoms with van der Waals surface area (Å²) >= 11 is 0. The lowest BCUT2D eigenvalue weighted by Crippen LogP contribution is -2.39. The van der Waals surface area contributed by atoms with E-state index in [2.05, 4.69) is 64.4 Å². The molecule has 1 aliphatic rings. The standard InChI is InChI=1S/C30H36N2O2/c1-23(2)30(33)32(19-25-14-8-5-9-15-25)21-26-20-31(18-24-12-6-4-7-13-24)22-28(26)27-16-10-11-17-29(27)34-3/h4-17,23,26,28H,18-22H2,1-3H3. The summed E-state index contributed by atoms with van der Waals surface area (Å²) in [5, 5.41) is 0. The molecule has 0 bridgehead atoms. The molecule has 4 heteroatoms. The van der Waals surface area contributed by atoms with Gasteiger partial charge in [0.15, 0.2) is 0 Å². The number of carbonyl (C=O) groups is 1. The molecule has 0 spiro atoms. The molecule has 4 nitrogen and oxygen atoms in total. The van der Waals surface area contributed by atoms with E-state index in [1.54, 1.807) is 7.11 Å². The highest BCUT2D eigenvalue weighted by Gasteiger charge is 2.37. The van der Waals surface area contributed by atoms with Crippen LogP contribution >= 0.6 is 0 Å². The van der Waals surface area contributed by atoms with Crippen molar-refractivity contribution in [3.05, 3.63) is 102 Å². The Labute approximate surface area is 204 Å². The van der Waals surface area contributed by atoms with E-state index in [0.717, 1.165) is 31.9 Å². The normalized spacial score (nSPS) is 18.2. The summed E-state index contributed by atoms with van der Waals surface area (Å²) in [4.78, 5) is 17.9. The minimum Gasteiger partial charge on any atom is -0.496 e. The van der Waals surface area contributed by atoms with Crippen LogP contribution in [0.25, 0.3) is 0 Å². The molecule has 1 aliphatic heterocycles. The monoisotopic (exact) mass is 456 g/mol. The van der Waals surface area contributed by atoms with E-state index in [-0.39, 0.29) is 11.8 Å². The van der Waals surface area contributed by atoms with Crippen molar-refractivity contribution in [1.82, 2.24) is 9.80 Å². The average Bonchev–Trinajstić information content (AvgIpc) is 3.26. The molecule has 2 atom stereocenters. The molecule has 0 radical (unpaired) electrons. The predicted molar refractivity (Wildman–Crippen MR) is 138 cm³/mol. The second kappa shape index (κ2) is 11.3. The van der Waals surface area contributed by atoms with Crippen LogP contribution < -0.4 is 4.74 Å². The Balaban J connectivity index is 1.60. The maximum Gasteiger partial charge on any atom is 0.225 e. The fourth-order valence-corrected chi connectivity index (χ4v) is 5.13. The highest BCUT2D eigenvalue weighted by Crippen LogP contribution is 2.38. The lowest BCUT2D eigenvalue weighted by Gasteiger charge is -2.30. The van der Waals surface area contributed by atoms with E-state index >= 15 is 0 Å². The number of nitrogens with zero attached hydrogens (tertiary/aromatic N) is 2. The van der Waals surface area contributed by atoms with Crippen molar-refractivity contribution >= 4 is 5.91 Å². The van der Waals surface area contributed by atoms with Crippen molar-refractivity contribution in [2.75, 3.05) is 26.7 Å². The minimum atomic E-state index is -0.0322. The second-order valence-corrected chi connectivity index (χ2v) is 9.65. The molecule has 0 saturated carbocycles. The Hall–Kier alpha value is -3.11. The van der Waals surface area contributed by atoms with Gasteiger partial charge in [-0.15, -0.1) is 0 Å². The zero-order valence-electron chi connectivity index (χ0n) is 20.6. The SMILES string of the molecule is COc1ccccc1C1CN(Cc2ccccc2)CC1CN(Cc1ccccc1)C(=O)C(C)C. The number of likely N-dealkylation sites (tertiary alicyclic amines) is 1. The summed E-state index contributed by atoms with van der Waals surface area (Å²) in [6, 6.07) is 29.3. The molecule has 34 heavy (non-hydrogen) atoms. The Kier molecular flexibility index (Phi) is 8.02. The van der Waals surface area contributed by atoms with Crippen LogP contribution in [0.3, 0.4) is 0 Å². The highest BCUT2D eigenvalue weighted by molar-refractivity contribution is 5.78. The Morgan fingerprint density at radius 2 is 1.53 bits per heavy atom. The molecule has 3 aromatic rings. The number of hydrogen-bond acceptors (Lipinski definition) is 3. The van der Waals surface area contributed by atoms with Gasteiger partial charge in [-0.3, -0.25) is 9.69 Å². The van der Waals surface area contributed by atoms with Crippen LogP contribution in [0.5, 0.6) is 5.75 Å². The van der Waals surface area contributed by atoms with Crippen LogP contribution in [0.15, 0.2) is 84.9 Å². The molecule has 1 heterocycles. The van der Waals surface area contributed by atoms with Crippen molar-refractivity contribution in [3.63, 3.8) is 0 Å². The Bertz CT molecular complexity index is 1050. The van der Waals surface area contributed by atoms with Gasteiger partial charge in [0, 0.05) is 44.6 Å². The minimum absolute atomic E-state index is 0.0322. The summed E-state index contributed by atoms with van der Waals surface area (Å²) in [5.74, 6) is 1.74. The second-order valence-electron chi connectivity index (χ2n) is 9.65. The topological polar surface area (TPSA) is 32.8 Å². The molecule has 0 N–H and O–H groups in total. The van der Waals surface area contributed by atoms with E-state index in [0.29, 0.717) is 18.4 Å². The number of rotatable bonds is 9. The number of benzene rings is 3. The number of carbonyl (C=O) groups excluding carboxylic acids is 1. The highest BCUT2D eigenvalue weighted by atomic mass is 16.5. The molecule has 1 amide bonds. The zero-order valence-corrected chi connectivity index (χ0v) is 20.6. The van der Waals surface area contributed by atoms with Gasteiger partial charge in [0.25, 0.3) is 0 Å². The van der Waals surface area contributed by atoms with Gasteiger partial charge in [-0.1, -0.05) is 92.7 Å². The van der Waals surface area contributed by atoms with E-state index in [4.69, 9.17) is 4.74 Å². The molecular formula is C30H36N2O2. The summed E-state index contributed by atoms with van der Waals surface area (Å²) in [7, 11) is 1.74. The molecule has 1 saturated heterocycles.